The van der Waals surface area contributed by atoms with Crippen molar-refractivity contribution < 1.29 is 38.7 Å². The molecule has 0 aliphatic rings. The molecule has 0 saturated heterocycles. The molecule has 0 aliphatic carbocycles. The second-order valence-electron chi connectivity index (χ2n) is 2.68. The predicted octanol–water partition coefficient (Wildman–Crippen LogP) is -0.330. The average Bonchev–Trinajstić information content (AvgIpc) is 2.16. The van der Waals surface area contributed by atoms with Crippen molar-refractivity contribution in [3.63, 3.8) is 0 Å². The van der Waals surface area contributed by atoms with Crippen LogP contribution in [0.2, 0.25) is 0 Å². The summed E-state index contributed by atoms with van der Waals surface area (Å²) in [6.45, 7) is 3.62. The molecule has 0 rings (SSSR count). The third-order valence-corrected chi connectivity index (χ3v) is 1.55. The highest BCUT2D eigenvalue weighted by Crippen LogP contribution is 2.35. The summed E-state index contributed by atoms with van der Waals surface area (Å²) < 4.78 is 13.5. The molecule has 0 radical (unpaired) electrons. The number of carboxylic acids is 2. The molecule has 9 nitrogen and oxygen atoms in total. The number of carbonyl (C=O) groups is 2. The maximum Gasteiger partial charge on any atom is 0.524 e. The van der Waals surface area contributed by atoms with Crippen molar-refractivity contribution in [2.24, 2.45) is 5.73 Å². The number of phosphoric ester groups is 1. The van der Waals surface area contributed by atoms with E-state index < -0.39 is 19.8 Å². The Kier molecular flexibility index (Phi) is 9.73. The van der Waals surface area contributed by atoms with Crippen LogP contribution in [0.5, 0.6) is 0 Å². The minimum atomic E-state index is -4.57. The van der Waals surface area contributed by atoms with Gasteiger partial charge in [-0.25, -0.2) is 14.2 Å². The molecule has 6 N–H and O–H groups in total. The number of rotatable bonds is 6. The first-order valence-corrected chi connectivity index (χ1v) is 5.87. The Hall–Kier alpha value is -1.67. The van der Waals surface area contributed by atoms with Crippen LogP contribution in [-0.4, -0.2) is 38.5 Å². The van der Waals surface area contributed by atoms with E-state index in [4.69, 9.17) is 25.7 Å². The Morgan fingerprint density at radius 2 is 1.83 bits per heavy atom. The molecule has 0 heterocycles. The van der Waals surface area contributed by atoms with E-state index in [9.17, 15) is 14.2 Å². The predicted molar refractivity (Wildman–Crippen MR) is 60.4 cm³/mol. The normalized spacial score (nSPS) is 10.4. The van der Waals surface area contributed by atoms with Gasteiger partial charge in [-0.05, 0) is 13.0 Å². The van der Waals surface area contributed by atoms with Crippen molar-refractivity contribution in [1.82, 2.24) is 0 Å². The van der Waals surface area contributed by atoms with E-state index >= 15 is 0 Å². The van der Waals surface area contributed by atoms with Crippen LogP contribution >= 0.6 is 7.82 Å². The molecule has 18 heavy (non-hydrogen) atoms. The summed E-state index contributed by atoms with van der Waals surface area (Å²) >= 11 is 0. The molecule has 0 aliphatic heterocycles. The number of hydrogen-bond donors (Lipinski definition) is 5. The molecular weight excluding hydrogens is 269 g/mol. The van der Waals surface area contributed by atoms with Crippen molar-refractivity contribution in [1.29, 1.82) is 0 Å². The zero-order valence-electron chi connectivity index (χ0n) is 9.22. The van der Waals surface area contributed by atoms with Gasteiger partial charge in [-0.3, -0.25) is 9.79 Å². The highest BCUT2D eigenvalue weighted by molar-refractivity contribution is 7.46. The Balaban J connectivity index is 0. The van der Waals surface area contributed by atoms with E-state index in [1.807, 2.05) is 0 Å². The molecule has 0 fully saturated rings. The van der Waals surface area contributed by atoms with Gasteiger partial charge in [0.2, 0.25) is 0 Å². The van der Waals surface area contributed by atoms with Gasteiger partial charge >= 0.3 is 19.8 Å². The highest BCUT2D eigenvalue weighted by atomic mass is 31.2. The second kappa shape index (κ2) is 9.37. The van der Waals surface area contributed by atoms with E-state index in [1.165, 1.54) is 0 Å². The number of hydrogen-bond acceptors (Lipinski definition) is 5. The summed E-state index contributed by atoms with van der Waals surface area (Å²) in [6, 6.07) is 0. The lowest BCUT2D eigenvalue weighted by molar-refractivity contribution is -0.133. The van der Waals surface area contributed by atoms with Crippen LogP contribution in [0.1, 0.15) is 6.42 Å². The van der Waals surface area contributed by atoms with Crippen molar-refractivity contribution >= 4 is 19.8 Å². The average molecular weight is 283 g/mol. The smallest absolute Gasteiger partial charge is 0.478 e. The monoisotopic (exact) mass is 283 g/mol. The van der Waals surface area contributed by atoms with Crippen LogP contribution in [0.15, 0.2) is 24.5 Å². The standard InChI is InChI=1S/C5H9NO2.C3H5O6P/c1-4(2-3-6)5(7)8;4-3(5)1-2-9-10(6,7)8/h1-3,6H2,(H,7,8);1-2H,(H,4,5)(H2,6,7,8). The maximum atomic E-state index is 9.93. The molecule has 104 valence electrons. The first-order chi connectivity index (χ1) is 8.10. The SMILES string of the molecule is C=C(CCN)C(=O)O.O=C(O)C=COP(=O)(O)O. The molecular formula is C8H14NO8P. The highest BCUT2D eigenvalue weighted by Gasteiger charge is 2.11. The Morgan fingerprint density at radius 3 is 2.06 bits per heavy atom. The van der Waals surface area contributed by atoms with Crippen LogP contribution in [0.25, 0.3) is 0 Å². The molecule has 0 aromatic heterocycles. The summed E-state index contributed by atoms with van der Waals surface area (Å²) in [4.78, 5) is 35.5. The molecule has 0 amide bonds. The summed E-state index contributed by atoms with van der Waals surface area (Å²) in [6.07, 6.45) is 1.26. The van der Waals surface area contributed by atoms with Crippen LogP contribution < -0.4 is 5.73 Å². The largest absolute Gasteiger partial charge is 0.524 e. The Bertz CT molecular complexity index is 371. The Labute approximate surface area is 102 Å². The van der Waals surface area contributed by atoms with E-state index in [-0.39, 0.29) is 5.57 Å². The van der Waals surface area contributed by atoms with Crippen molar-refractivity contribution in [2.75, 3.05) is 6.54 Å². The summed E-state index contributed by atoms with van der Waals surface area (Å²) in [5.41, 5.74) is 5.22. The molecule has 0 saturated carbocycles. The fourth-order valence-electron chi connectivity index (χ4n) is 0.449. The molecule has 0 spiro atoms. The lowest BCUT2D eigenvalue weighted by Gasteiger charge is -1.97. The van der Waals surface area contributed by atoms with Crippen LogP contribution in [0, 0.1) is 0 Å². The van der Waals surface area contributed by atoms with E-state index in [1.54, 1.807) is 0 Å². The van der Waals surface area contributed by atoms with Crippen molar-refractivity contribution in [3.8, 4) is 0 Å². The molecule has 0 aromatic rings. The number of aliphatic carboxylic acids is 2. The number of nitrogens with two attached hydrogens (primary N) is 1. The molecule has 10 heteroatoms. The van der Waals surface area contributed by atoms with Crippen molar-refractivity contribution in [3.05, 3.63) is 24.5 Å². The fourth-order valence-corrected chi connectivity index (χ4v) is 0.668. The third kappa shape index (κ3) is 16.7. The third-order valence-electron chi connectivity index (χ3n) is 1.16. The first kappa shape index (κ1) is 18.7. The van der Waals surface area contributed by atoms with Gasteiger partial charge in [0, 0.05) is 5.57 Å². The number of carboxylic acid groups (broad SMARTS) is 2. The van der Waals surface area contributed by atoms with E-state index in [0.29, 0.717) is 25.3 Å². The molecule has 0 bridgehead atoms. The summed E-state index contributed by atoms with van der Waals surface area (Å²) in [5.74, 6) is -2.30. The van der Waals surface area contributed by atoms with Crippen LogP contribution in [0.3, 0.4) is 0 Å². The summed E-state index contributed by atoms with van der Waals surface area (Å²) in [5, 5.41) is 16.0. The van der Waals surface area contributed by atoms with E-state index in [2.05, 4.69) is 11.1 Å². The summed E-state index contributed by atoms with van der Waals surface area (Å²) in [7, 11) is -4.57. The second-order valence-corrected chi connectivity index (χ2v) is 3.88. The van der Waals surface area contributed by atoms with Gasteiger partial charge in [-0.1, -0.05) is 6.58 Å². The van der Waals surface area contributed by atoms with Gasteiger partial charge in [0.25, 0.3) is 0 Å². The zero-order chi connectivity index (χ0) is 14.8. The van der Waals surface area contributed by atoms with Crippen LogP contribution in [-0.2, 0) is 18.7 Å². The first-order valence-electron chi connectivity index (χ1n) is 4.34. The Morgan fingerprint density at radius 1 is 1.33 bits per heavy atom. The lowest BCUT2D eigenvalue weighted by Crippen LogP contribution is -2.06. The molecule has 0 aromatic carbocycles. The van der Waals surface area contributed by atoms with Crippen molar-refractivity contribution in [2.45, 2.75) is 6.42 Å². The maximum absolute atomic E-state index is 9.93. The minimum Gasteiger partial charge on any atom is -0.478 e. The quantitative estimate of drug-likeness (QED) is 0.249. The topological polar surface area (TPSA) is 167 Å². The zero-order valence-corrected chi connectivity index (χ0v) is 10.1. The molecule has 0 unspecified atom stereocenters. The van der Waals surface area contributed by atoms with Gasteiger partial charge in [0.05, 0.1) is 6.08 Å². The van der Waals surface area contributed by atoms with Gasteiger partial charge in [0.15, 0.2) is 0 Å². The van der Waals surface area contributed by atoms with Gasteiger partial charge in [-0.2, -0.15) is 0 Å². The fraction of sp³-hybridized carbons (Fsp3) is 0.250. The van der Waals surface area contributed by atoms with Gasteiger partial charge in [-0.15, -0.1) is 0 Å². The number of phosphoric acid groups is 1. The minimum absolute atomic E-state index is 0.174. The molecule has 0 atom stereocenters. The lowest BCUT2D eigenvalue weighted by atomic mass is 10.2. The van der Waals surface area contributed by atoms with E-state index in [0.717, 1.165) is 0 Å². The van der Waals surface area contributed by atoms with Gasteiger partial charge in [0.1, 0.15) is 6.26 Å². The van der Waals surface area contributed by atoms with Gasteiger partial charge < -0.3 is 20.5 Å². The van der Waals surface area contributed by atoms with Crippen LogP contribution in [0.4, 0.5) is 0 Å².